The maximum absolute atomic E-state index is 12.7. The van der Waals surface area contributed by atoms with Gasteiger partial charge in [-0.2, -0.15) is 0 Å². The number of benzene rings is 2. The van der Waals surface area contributed by atoms with Gasteiger partial charge in [0.1, 0.15) is 12.4 Å². The summed E-state index contributed by atoms with van der Waals surface area (Å²) in [6, 6.07) is 15.8. The third-order valence-electron chi connectivity index (χ3n) is 5.93. The van der Waals surface area contributed by atoms with Crippen molar-refractivity contribution < 1.29 is 14.6 Å². The lowest BCUT2D eigenvalue weighted by atomic mass is 9.95. The van der Waals surface area contributed by atoms with Gasteiger partial charge in [0, 0.05) is 12.1 Å². The molecule has 2 N–H and O–H groups in total. The van der Waals surface area contributed by atoms with Crippen LogP contribution in [0.15, 0.2) is 48.5 Å². The van der Waals surface area contributed by atoms with Crippen LogP contribution in [0.1, 0.15) is 44.2 Å². The fourth-order valence-corrected chi connectivity index (χ4v) is 4.41. The smallest absolute Gasteiger partial charge is 0.234 e. The number of hydrogen-bond acceptors (Lipinski definition) is 4. The van der Waals surface area contributed by atoms with E-state index in [1.165, 1.54) is 5.56 Å². The standard InChI is InChI=1S/C26H35ClN2O3/c1-20-10-11-22(27)23(16-20)32-19-26(31)12-7-14-29(15-13-26)18-24(30)28-25(2,3)17-21-8-5-4-6-9-21/h4-6,8-11,16,31H,7,12-15,17-19H2,1-3H3,(H,28,30)/t26-/m1/s1. The summed E-state index contributed by atoms with van der Waals surface area (Å²) in [5.41, 5.74) is 1.01. The van der Waals surface area contributed by atoms with Crippen LogP contribution in [0.3, 0.4) is 0 Å². The average molecular weight is 459 g/mol. The number of hydrogen-bond donors (Lipinski definition) is 2. The minimum Gasteiger partial charge on any atom is -0.489 e. The summed E-state index contributed by atoms with van der Waals surface area (Å²) in [5, 5.41) is 14.8. The van der Waals surface area contributed by atoms with E-state index in [0.717, 1.165) is 24.9 Å². The van der Waals surface area contributed by atoms with Crippen molar-refractivity contribution in [1.82, 2.24) is 10.2 Å². The Kier molecular flexibility index (Phi) is 8.21. The molecule has 0 saturated carbocycles. The second-order valence-electron chi connectivity index (χ2n) is 9.67. The Morgan fingerprint density at radius 3 is 2.69 bits per heavy atom. The molecular formula is C26H35ClN2O3. The number of halogens is 1. The first-order valence-electron chi connectivity index (χ1n) is 11.3. The van der Waals surface area contributed by atoms with Crippen LogP contribution in [0, 0.1) is 6.92 Å². The van der Waals surface area contributed by atoms with E-state index in [0.29, 0.717) is 36.7 Å². The monoisotopic (exact) mass is 458 g/mol. The molecule has 1 atom stereocenters. The number of likely N-dealkylation sites (tertiary alicyclic amines) is 1. The topological polar surface area (TPSA) is 61.8 Å². The lowest BCUT2D eigenvalue weighted by molar-refractivity contribution is -0.123. The first kappa shape index (κ1) is 24.6. The number of aliphatic hydroxyl groups is 1. The van der Waals surface area contributed by atoms with Crippen LogP contribution >= 0.6 is 11.6 Å². The van der Waals surface area contributed by atoms with Gasteiger partial charge in [-0.3, -0.25) is 9.69 Å². The Bertz CT molecular complexity index is 903. The van der Waals surface area contributed by atoms with E-state index >= 15 is 0 Å². The Balaban J connectivity index is 1.48. The third kappa shape index (κ3) is 7.51. The lowest BCUT2D eigenvalue weighted by Crippen LogP contribution is -2.49. The van der Waals surface area contributed by atoms with Crippen molar-refractivity contribution in [2.75, 3.05) is 26.2 Å². The van der Waals surface area contributed by atoms with Crippen molar-refractivity contribution in [2.45, 2.75) is 57.6 Å². The first-order valence-corrected chi connectivity index (χ1v) is 11.7. The van der Waals surface area contributed by atoms with Crippen molar-refractivity contribution in [3.63, 3.8) is 0 Å². The molecule has 174 valence electrons. The molecule has 0 unspecified atom stereocenters. The van der Waals surface area contributed by atoms with Crippen LogP contribution in [0.4, 0.5) is 0 Å². The number of nitrogens with one attached hydrogen (secondary N) is 1. The highest BCUT2D eigenvalue weighted by Gasteiger charge is 2.32. The van der Waals surface area contributed by atoms with Crippen LogP contribution in [0.2, 0.25) is 5.02 Å². The molecule has 1 heterocycles. The molecule has 0 spiro atoms. The molecule has 1 fully saturated rings. The van der Waals surface area contributed by atoms with E-state index in [1.54, 1.807) is 0 Å². The fraction of sp³-hybridized carbons (Fsp3) is 0.500. The molecule has 1 aliphatic rings. The molecule has 5 nitrogen and oxygen atoms in total. The second-order valence-corrected chi connectivity index (χ2v) is 10.1. The molecule has 0 aliphatic carbocycles. The molecule has 2 aromatic carbocycles. The van der Waals surface area contributed by atoms with E-state index in [9.17, 15) is 9.90 Å². The molecule has 0 radical (unpaired) electrons. The predicted molar refractivity (Wildman–Crippen MR) is 129 cm³/mol. The van der Waals surface area contributed by atoms with Crippen LogP contribution in [0.5, 0.6) is 5.75 Å². The van der Waals surface area contributed by atoms with Gasteiger partial charge in [0.2, 0.25) is 5.91 Å². The Morgan fingerprint density at radius 2 is 1.94 bits per heavy atom. The molecule has 2 aromatic rings. The molecule has 6 heteroatoms. The number of aryl methyl sites for hydroxylation is 1. The molecule has 1 aliphatic heterocycles. The van der Waals surface area contributed by atoms with Gasteiger partial charge in [0.15, 0.2) is 0 Å². The minimum atomic E-state index is -0.926. The number of carbonyl (C=O) groups is 1. The van der Waals surface area contributed by atoms with Gasteiger partial charge in [-0.05, 0) is 76.3 Å². The normalized spacial score (nSPS) is 19.9. The summed E-state index contributed by atoms with van der Waals surface area (Å²) in [6.07, 6.45) is 2.77. The van der Waals surface area contributed by atoms with Crippen molar-refractivity contribution in [3.05, 3.63) is 64.7 Å². The Hall–Kier alpha value is -2.08. The van der Waals surface area contributed by atoms with Gasteiger partial charge in [-0.15, -0.1) is 0 Å². The molecule has 0 aromatic heterocycles. The third-order valence-corrected chi connectivity index (χ3v) is 6.24. The molecule has 32 heavy (non-hydrogen) atoms. The first-order chi connectivity index (χ1) is 15.1. The molecule has 0 bridgehead atoms. The second kappa shape index (κ2) is 10.7. The molecule has 1 saturated heterocycles. The van der Waals surface area contributed by atoms with Crippen LogP contribution < -0.4 is 10.1 Å². The zero-order chi connectivity index (χ0) is 23.2. The number of rotatable bonds is 8. The summed E-state index contributed by atoms with van der Waals surface area (Å²) in [4.78, 5) is 14.8. The van der Waals surface area contributed by atoms with E-state index in [4.69, 9.17) is 16.3 Å². The number of carbonyl (C=O) groups excluding carboxylic acids is 1. The van der Waals surface area contributed by atoms with Crippen molar-refractivity contribution in [2.24, 2.45) is 0 Å². The zero-order valence-electron chi connectivity index (χ0n) is 19.4. The SMILES string of the molecule is Cc1ccc(Cl)c(OC[C@@]2(O)CCCN(CC(=O)NC(C)(C)Cc3ccccc3)CC2)c1. The summed E-state index contributed by atoms with van der Waals surface area (Å²) < 4.78 is 5.87. The number of amides is 1. The summed E-state index contributed by atoms with van der Waals surface area (Å²) >= 11 is 6.22. The highest BCUT2D eigenvalue weighted by molar-refractivity contribution is 6.32. The summed E-state index contributed by atoms with van der Waals surface area (Å²) in [5.74, 6) is 0.611. The predicted octanol–water partition coefficient (Wildman–Crippen LogP) is 4.38. The average Bonchev–Trinajstić information content (AvgIpc) is 2.90. The molecule has 3 rings (SSSR count). The van der Waals surface area contributed by atoms with Crippen LogP contribution in [-0.2, 0) is 11.2 Å². The van der Waals surface area contributed by atoms with Gasteiger partial charge >= 0.3 is 0 Å². The molecule has 1 amide bonds. The maximum Gasteiger partial charge on any atom is 0.234 e. The highest BCUT2D eigenvalue weighted by atomic mass is 35.5. The van der Waals surface area contributed by atoms with Gasteiger partial charge < -0.3 is 15.2 Å². The van der Waals surface area contributed by atoms with Crippen molar-refractivity contribution >= 4 is 17.5 Å². The van der Waals surface area contributed by atoms with Crippen molar-refractivity contribution in [1.29, 1.82) is 0 Å². The van der Waals surface area contributed by atoms with Gasteiger partial charge in [-0.25, -0.2) is 0 Å². The van der Waals surface area contributed by atoms with E-state index in [1.807, 2.05) is 57.2 Å². The van der Waals surface area contributed by atoms with Gasteiger partial charge in [0.25, 0.3) is 0 Å². The van der Waals surface area contributed by atoms with E-state index in [-0.39, 0.29) is 18.1 Å². The quantitative estimate of drug-likeness (QED) is 0.616. The van der Waals surface area contributed by atoms with Gasteiger partial charge in [0.05, 0.1) is 17.2 Å². The number of nitrogens with zero attached hydrogens (tertiary/aromatic N) is 1. The highest BCUT2D eigenvalue weighted by Crippen LogP contribution is 2.29. The summed E-state index contributed by atoms with van der Waals surface area (Å²) in [6.45, 7) is 8.03. The van der Waals surface area contributed by atoms with E-state index in [2.05, 4.69) is 22.3 Å². The Morgan fingerprint density at radius 1 is 1.19 bits per heavy atom. The fourth-order valence-electron chi connectivity index (χ4n) is 4.24. The minimum absolute atomic E-state index is 0.0131. The zero-order valence-corrected chi connectivity index (χ0v) is 20.1. The summed E-state index contributed by atoms with van der Waals surface area (Å²) in [7, 11) is 0. The van der Waals surface area contributed by atoms with Crippen LogP contribution in [0.25, 0.3) is 0 Å². The van der Waals surface area contributed by atoms with E-state index < -0.39 is 5.60 Å². The Labute approximate surface area is 196 Å². The lowest BCUT2D eigenvalue weighted by Gasteiger charge is -2.29. The van der Waals surface area contributed by atoms with Crippen LogP contribution in [-0.4, -0.2) is 53.3 Å². The molecular weight excluding hydrogens is 424 g/mol. The maximum atomic E-state index is 12.7. The van der Waals surface area contributed by atoms with Crippen molar-refractivity contribution in [3.8, 4) is 5.75 Å². The largest absolute Gasteiger partial charge is 0.489 e. The van der Waals surface area contributed by atoms with Gasteiger partial charge in [-0.1, -0.05) is 48.0 Å². The number of ether oxygens (including phenoxy) is 1.